The van der Waals surface area contributed by atoms with Gasteiger partial charge in [-0.05, 0) is 38.1 Å². The summed E-state index contributed by atoms with van der Waals surface area (Å²) >= 11 is 0. The molecule has 1 fully saturated rings. The number of aromatic nitrogens is 1. The lowest BCUT2D eigenvalue weighted by Crippen LogP contribution is -2.03. The van der Waals surface area contributed by atoms with Gasteiger partial charge >= 0.3 is 0 Å². The van der Waals surface area contributed by atoms with E-state index in [9.17, 15) is 0 Å². The number of hydrogen-bond donors (Lipinski definition) is 1. The van der Waals surface area contributed by atoms with Crippen molar-refractivity contribution in [3.63, 3.8) is 0 Å². The average Bonchev–Trinajstić information content (AvgIpc) is 2.82. The van der Waals surface area contributed by atoms with Crippen molar-refractivity contribution in [2.45, 2.75) is 26.7 Å². The summed E-state index contributed by atoms with van der Waals surface area (Å²) in [6.45, 7) is 6.50. The van der Waals surface area contributed by atoms with E-state index in [0.29, 0.717) is 0 Å². The second kappa shape index (κ2) is 11.1. The first-order valence-corrected chi connectivity index (χ1v) is 5.06. The third kappa shape index (κ3) is 9.02. The fourth-order valence-corrected chi connectivity index (χ4v) is 0.938. The molecule has 1 N–H and O–H groups in total. The van der Waals surface area contributed by atoms with Gasteiger partial charge in [0.2, 0.25) is 0 Å². The van der Waals surface area contributed by atoms with Gasteiger partial charge in [0, 0.05) is 12.4 Å². The first kappa shape index (κ1) is 12.1. The maximum Gasteiger partial charge on any atom is 0.0267 e. The molecule has 1 saturated heterocycles. The van der Waals surface area contributed by atoms with Crippen LogP contribution >= 0.6 is 0 Å². The van der Waals surface area contributed by atoms with Crippen LogP contribution in [0.25, 0.3) is 0 Å². The topological polar surface area (TPSA) is 24.9 Å². The lowest BCUT2D eigenvalue weighted by atomic mass is 10.4. The predicted molar refractivity (Wildman–Crippen MR) is 57.7 cm³/mol. The summed E-state index contributed by atoms with van der Waals surface area (Å²) in [7, 11) is 0. The highest BCUT2D eigenvalue weighted by Gasteiger charge is 1.93. The summed E-state index contributed by atoms with van der Waals surface area (Å²) < 4.78 is 0. The summed E-state index contributed by atoms with van der Waals surface area (Å²) in [6, 6.07) is 5.72. The van der Waals surface area contributed by atoms with Crippen molar-refractivity contribution < 1.29 is 0 Å². The van der Waals surface area contributed by atoms with E-state index in [0.717, 1.165) is 0 Å². The third-order valence-electron chi connectivity index (χ3n) is 1.52. The van der Waals surface area contributed by atoms with Gasteiger partial charge in [-0.2, -0.15) is 0 Å². The fourth-order valence-electron chi connectivity index (χ4n) is 0.938. The highest BCUT2D eigenvalue weighted by molar-refractivity contribution is 4.88. The van der Waals surface area contributed by atoms with Crippen molar-refractivity contribution in [2.24, 2.45) is 0 Å². The molecule has 74 valence electrons. The van der Waals surface area contributed by atoms with Gasteiger partial charge in [-0.3, -0.25) is 4.98 Å². The van der Waals surface area contributed by atoms with E-state index in [1.165, 1.54) is 25.9 Å². The molecule has 1 aliphatic heterocycles. The molecule has 0 unspecified atom stereocenters. The molecule has 2 heterocycles. The van der Waals surface area contributed by atoms with Crippen LogP contribution in [0.1, 0.15) is 26.7 Å². The molecule has 13 heavy (non-hydrogen) atoms. The SMILES string of the molecule is C1CCNC1.CC.c1ccncc1. The first-order chi connectivity index (χ1) is 6.50. The minimum absolute atomic E-state index is 1.25. The van der Waals surface area contributed by atoms with Crippen molar-refractivity contribution in [2.75, 3.05) is 13.1 Å². The Morgan fingerprint density at radius 2 is 1.46 bits per heavy atom. The third-order valence-corrected chi connectivity index (χ3v) is 1.52. The molecule has 2 heteroatoms. The van der Waals surface area contributed by atoms with Crippen LogP contribution < -0.4 is 5.32 Å². The van der Waals surface area contributed by atoms with E-state index in [1.54, 1.807) is 12.4 Å². The van der Waals surface area contributed by atoms with Crippen LogP contribution in [0.4, 0.5) is 0 Å². The maximum absolute atomic E-state index is 3.78. The van der Waals surface area contributed by atoms with E-state index >= 15 is 0 Å². The number of nitrogens with one attached hydrogen (secondary N) is 1. The Labute approximate surface area is 81.4 Å². The fraction of sp³-hybridized carbons (Fsp3) is 0.545. The molecule has 2 nitrogen and oxygen atoms in total. The summed E-state index contributed by atoms with van der Waals surface area (Å²) in [5.74, 6) is 0. The van der Waals surface area contributed by atoms with E-state index in [4.69, 9.17) is 0 Å². The average molecular weight is 180 g/mol. The van der Waals surface area contributed by atoms with E-state index in [2.05, 4.69) is 10.3 Å². The van der Waals surface area contributed by atoms with Crippen molar-refractivity contribution in [3.05, 3.63) is 30.6 Å². The van der Waals surface area contributed by atoms with Crippen LogP contribution in [-0.2, 0) is 0 Å². The maximum atomic E-state index is 3.78. The lowest BCUT2D eigenvalue weighted by molar-refractivity contribution is 0.857. The Hall–Kier alpha value is -0.890. The van der Waals surface area contributed by atoms with Gasteiger partial charge in [0.15, 0.2) is 0 Å². The van der Waals surface area contributed by atoms with Crippen LogP contribution in [0.2, 0.25) is 0 Å². The van der Waals surface area contributed by atoms with Crippen molar-refractivity contribution >= 4 is 0 Å². The van der Waals surface area contributed by atoms with Crippen molar-refractivity contribution in [3.8, 4) is 0 Å². The minimum atomic E-state index is 1.25. The minimum Gasteiger partial charge on any atom is -0.317 e. The summed E-state index contributed by atoms with van der Waals surface area (Å²) in [4.78, 5) is 3.78. The molecule has 0 radical (unpaired) electrons. The van der Waals surface area contributed by atoms with Crippen LogP contribution in [0.3, 0.4) is 0 Å². The Balaban J connectivity index is 0.000000189. The van der Waals surface area contributed by atoms with Crippen LogP contribution in [0.5, 0.6) is 0 Å². The van der Waals surface area contributed by atoms with Gasteiger partial charge < -0.3 is 5.32 Å². The zero-order valence-electron chi connectivity index (χ0n) is 8.66. The molecular weight excluding hydrogens is 160 g/mol. The Bertz CT molecular complexity index is 125. The van der Waals surface area contributed by atoms with Gasteiger partial charge in [-0.25, -0.2) is 0 Å². The molecule has 0 bridgehead atoms. The molecular formula is C11H20N2. The summed E-state index contributed by atoms with van der Waals surface area (Å²) in [5.41, 5.74) is 0. The molecule has 1 aromatic heterocycles. The smallest absolute Gasteiger partial charge is 0.0267 e. The highest BCUT2D eigenvalue weighted by Crippen LogP contribution is 1.90. The van der Waals surface area contributed by atoms with Crippen LogP contribution in [0.15, 0.2) is 30.6 Å². The molecule has 0 atom stereocenters. The zero-order chi connectivity index (χ0) is 9.78. The molecule has 0 aliphatic carbocycles. The summed E-state index contributed by atoms with van der Waals surface area (Å²) in [5, 5.41) is 3.22. The van der Waals surface area contributed by atoms with Crippen LogP contribution in [0, 0.1) is 0 Å². The number of hydrogen-bond acceptors (Lipinski definition) is 2. The molecule has 0 amide bonds. The lowest BCUT2D eigenvalue weighted by Gasteiger charge is -1.76. The number of nitrogens with zero attached hydrogens (tertiary/aromatic N) is 1. The monoisotopic (exact) mass is 180 g/mol. The second-order valence-corrected chi connectivity index (χ2v) is 2.48. The number of pyridine rings is 1. The van der Waals surface area contributed by atoms with Gasteiger partial charge in [0.25, 0.3) is 0 Å². The Kier molecular flexibility index (Phi) is 10.3. The Morgan fingerprint density at radius 1 is 0.923 bits per heavy atom. The standard InChI is InChI=1S/C5H5N.C4H9N.C2H6/c1-2-4-6-5-3-1;1-2-4-5-3-1;1-2/h1-5H;5H,1-4H2;1-2H3. The molecule has 2 rings (SSSR count). The first-order valence-electron chi connectivity index (χ1n) is 5.06. The van der Waals surface area contributed by atoms with Gasteiger partial charge in [-0.1, -0.05) is 19.9 Å². The van der Waals surface area contributed by atoms with E-state index in [-0.39, 0.29) is 0 Å². The van der Waals surface area contributed by atoms with Crippen LogP contribution in [-0.4, -0.2) is 18.1 Å². The molecule has 0 spiro atoms. The van der Waals surface area contributed by atoms with Gasteiger partial charge in [-0.15, -0.1) is 0 Å². The predicted octanol–water partition coefficient (Wildman–Crippen LogP) is 2.48. The quantitative estimate of drug-likeness (QED) is 0.663. The van der Waals surface area contributed by atoms with Gasteiger partial charge in [0.1, 0.15) is 0 Å². The van der Waals surface area contributed by atoms with E-state index in [1.807, 2.05) is 32.0 Å². The summed E-state index contributed by atoms with van der Waals surface area (Å²) in [6.07, 6.45) is 6.28. The van der Waals surface area contributed by atoms with Crippen molar-refractivity contribution in [1.82, 2.24) is 10.3 Å². The highest BCUT2D eigenvalue weighted by atomic mass is 14.9. The van der Waals surface area contributed by atoms with Gasteiger partial charge in [0.05, 0.1) is 0 Å². The van der Waals surface area contributed by atoms with Crippen molar-refractivity contribution in [1.29, 1.82) is 0 Å². The zero-order valence-corrected chi connectivity index (χ0v) is 8.66. The molecule has 0 aromatic carbocycles. The number of rotatable bonds is 0. The molecule has 1 aromatic rings. The largest absolute Gasteiger partial charge is 0.317 e. The van der Waals surface area contributed by atoms with E-state index < -0.39 is 0 Å². The second-order valence-electron chi connectivity index (χ2n) is 2.48. The molecule has 1 aliphatic rings. The normalized spacial score (nSPS) is 13.4. The Morgan fingerprint density at radius 3 is 1.62 bits per heavy atom. The molecule has 0 saturated carbocycles.